The highest BCUT2D eigenvalue weighted by Gasteiger charge is 2.29. The van der Waals surface area contributed by atoms with Crippen LogP contribution in [0.1, 0.15) is 36.1 Å². The lowest BCUT2D eigenvalue weighted by atomic mass is 9.95. The molecule has 206 valence electrons. The van der Waals surface area contributed by atoms with Crippen LogP contribution >= 0.6 is 0 Å². The van der Waals surface area contributed by atoms with Crippen LogP contribution in [0.25, 0.3) is 11.1 Å². The van der Waals surface area contributed by atoms with Crippen LogP contribution in [0.4, 0.5) is 5.69 Å². The molecule has 0 spiro atoms. The Balaban J connectivity index is 1.84. The average molecular weight is 535 g/mol. The molecule has 0 heterocycles. The monoisotopic (exact) mass is 534 g/mol. The molecule has 39 heavy (non-hydrogen) atoms. The molecule has 0 bridgehead atoms. The van der Waals surface area contributed by atoms with Gasteiger partial charge in [-0.25, -0.2) is 0 Å². The minimum Gasteiger partial charge on any atom is -0.493 e. The lowest BCUT2D eigenvalue weighted by Gasteiger charge is -2.19. The van der Waals surface area contributed by atoms with Crippen molar-refractivity contribution in [3.63, 3.8) is 0 Å². The number of amides is 1. The highest BCUT2D eigenvalue weighted by molar-refractivity contribution is 5.83. The maximum absolute atomic E-state index is 13.5. The van der Waals surface area contributed by atoms with Gasteiger partial charge in [0, 0.05) is 19.0 Å². The van der Waals surface area contributed by atoms with Gasteiger partial charge in [-0.05, 0) is 65.4 Å². The van der Waals surface area contributed by atoms with E-state index in [9.17, 15) is 9.59 Å². The predicted molar refractivity (Wildman–Crippen MR) is 150 cm³/mol. The number of anilines is 1. The van der Waals surface area contributed by atoms with Crippen molar-refractivity contribution in [1.82, 2.24) is 5.32 Å². The van der Waals surface area contributed by atoms with Crippen molar-refractivity contribution in [2.75, 3.05) is 40.9 Å². The van der Waals surface area contributed by atoms with Crippen molar-refractivity contribution in [3.05, 3.63) is 69.4 Å². The van der Waals surface area contributed by atoms with Gasteiger partial charge in [-0.1, -0.05) is 12.1 Å². The van der Waals surface area contributed by atoms with Crippen LogP contribution in [-0.4, -0.2) is 41.5 Å². The molecule has 0 radical (unpaired) electrons. The number of benzene rings is 2. The first-order chi connectivity index (χ1) is 18.8. The molecule has 1 atom stereocenters. The third-order valence-corrected chi connectivity index (χ3v) is 6.85. The summed E-state index contributed by atoms with van der Waals surface area (Å²) in [5.41, 5.74) is 4.39. The SMILES string of the molecule is COc1ccc(CNc2ccc3c(cc2=O)C(NC(C)=O)CCc2cc(OC)c(OC)c(OC)c2-3)cc1OC. The van der Waals surface area contributed by atoms with Gasteiger partial charge in [0.1, 0.15) is 0 Å². The Morgan fingerprint density at radius 1 is 0.846 bits per heavy atom. The maximum Gasteiger partial charge on any atom is 0.217 e. The molecule has 9 nitrogen and oxygen atoms in total. The number of aryl methyl sites for hydroxylation is 1. The Kier molecular flexibility index (Phi) is 8.49. The molecular formula is C30H34N2O7. The summed E-state index contributed by atoms with van der Waals surface area (Å²) in [5.74, 6) is 2.58. The van der Waals surface area contributed by atoms with E-state index in [2.05, 4.69) is 10.6 Å². The van der Waals surface area contributed by atoms with E-state index in [1.54, 1.807) is 47.7 Å². The second kappa shape index (κ2) is 12.0. The van der Waals surface area contributed by atoms with Gasteiger partial charge in [-0.2, -0.15) is 0 Å². The Hall–Kier alpha value is -4.40. The zero-order chi connectivity index (χ0) is 28.1. The number of nitrogens with one attached hydrogen (secondary N) is 2. The number of fused-ring (bicyclic) bond motifs is 3. The minimum absolute atomic E-state index is 0.176. The van der Waals surface area contributed by atoms with Crippen molar-refractivity contribution >= 4 is 11.6 Å². The highest BCUT2D eigenvalue weighted by Crippen LogP contribution is 2.50. The van der Waals surface area contributed by atoms with Crippen LogP contribution in [0, 0.1) is 0 Å². The van der Waals surface area contributed by atoms with Gasteiger partial charge in [0.25, 0.3) is 0 Å². The van der Waals surface area contributed by atoms with Gasteiger partial charge in [0.15, 0.2) is 23.0 Å². The molecule has 0 saturated carbocycles. The predicted octanol–water partition coefficient (Wildman–Crippen LogP) is 4.49. The second-order valence-electron chi connectivity index (χ2n) is 9.14. The molecule has 2 N–H and O–H groups in total. The van der Waals surface area contributed by atoms with E-state index >= 15 is 0 Å². The molecule has 0 aliphatic heterocycles. The normalized spacial score (nSPS) is 13.7. The van der Waals surface area contributed by atoms with E-state index in [-0.39, 0.29) is 17.4 Å². The third-order valence-electron chi connectivity index (χ3n) is 6.85. The summed E-state index contributed by atoms with van der Waals surface area (Å²) >= 11 is 0. The molecule has 0 saturated heterocycles. The Morgan fingerprint density at radius 2 is 1.56 bits per heavy atom. The molecule has 1 aliphatic carbocycles. The Morgan fingerprint density at radius 3 is 2.21 bits per heavy atom. The van der Waals surface area contributed by atoms with Crippen LogP contribution in [0.3, 0.4) is 0 Å². The van der Waals surface area contributed by atoms with Crippen molar-refractivity contribution in [1.29, 1.82) is 0 Å². The van der Waals surface area contributed by atoms with Gasteiger partial charge in [-0.15, -0.1) is 0 Å². The van der Waals surface area contributed by atoms with Gasteiger partial charge in [0.05, 0.1) is 47.3 Å². The van der Waals surface area contributed by atoms with Gasteiger partial charge < -0.3 is 34.3 Å². The largest absolute Gasteiger partial charge is 0.493 e. The third kappa shape index (κ3) is 5.57. The molecule has 9 heteroatoms. The average Bonchev–Trinajstić information content (AvgIpc) is 3.18. The number of hydrogen-bond acceptors (Lipinski definition) is 8. The number of carbonyl (C=O) groups is 1. The number of ether oxygens (including phenoxy) is 5. The van der Waals surface area contributed by atoms with E-state index < -0.39 is 0 Å². The molecule has 1 aliphatic rings. The molecule has 0 fully saturated rings. The first-order valence-corrected chi connectivity index (χ1v) is 12.6. The first kappa shape index (κ1) is 27.6. The van der Waals surface area contributed by atoms with Crippen molar-refractivity contribution in [3.8, 4) is 39.9 Å². The number of carbonyl (C=O) groups excluding carboxylic acids is 1. The summed E-state index contributed by atoms with van der Waals surface area (Å²) in [6.07, 6.45) is 1.23. The Labute approximate surface area is 228 Å². The lowest BCUT2D eigenvalue weighted by molar-refractivity contribution is -0.119. The highest BCUT2D eigenvalue weighted by atomic mass is 16.5. The van der Waals surface area contributed by atoms with Gasteiger partial charge in [-0.3, -0.25) is 9.59 Å². The topological polar surface area (TPSA) is 104 Å². The lowest BCUT2D eigenvalue weighted by Crippen LogP contribution is -2.26. The van der Waals surface area contributed by atoms with Crippen LogP contribution in [0.15, 0.2) is 47.3 Å². The van der Waals surface area contributed by atoms with Crippen molar-refractivity contribution in [2.24, 2.45) is 0 Å². The minimum atomic E-state index is -0.370. The van der Waals surface area contributed by atoms with Crippen LogP contribution in [-0.2, 0) is 17.8 Å². The fraction of sp³-hybridized carbons (Fsp3) is 0.333. The van der Waals surface area contributed by atoms with Gasteiger partial charge in [0.2, 0.25) is 17.1 Å². The van der Waals surface area contributed by atoms with E-state index in [0.29, 0.717) is 59.4 Å². The summed E-state index contributed by atoms with van der Waals surface area (Å²) in [4.78, 5) is 25.6. The van der Waals surface area contributed by atoms with Crippen molar-refractivity contribution in [2.45, 2.75) is 32.4 Å². The summed E-state index contributed by atoms with van der Waals surface area (Å²) in [5, 5.41) is 6.28. The van der Waals surface area contributed by atoms with Gasteiger partial charge >= 0.3 is 0 Å². The number of rotatable bonds is 9. The summed E-state index contributed by atoms with van der Waals surface area (Å²) in [6, 6.07) is 12.4. The van der Waals surface area contributed by atoms with E-state index in [1.165, 1.54) is 6.92 Å². The van der Waals surface area contributed by atoms with Crippen LogP contribution < -0.4 is 39.7 Å². The van der Waals surface area contributed by atoms with E-state index in [0.717, 1.165) is 22.3 Å². The molecule has 1 amide bonds. The van der Waals surface area contributed by atoms with Crippen LogP contribution in [0.5, 0.6) is 28.7 Å². The van der Waals surface area contributed by atoms with Crippen LogP contribution in [0.2, 0.25) is 0 Å². The summed E-state index contributed by atoms with van der Waals surface area (Å²) in [7, 11) is 7.87. The molecule has 3 aromatic carbocycles. The first-order valence-electron chi connectivity index (χ1n) is 12.6. The number of hydrogen-bond donors (Lipinski definition) is 2. The molecule has 0 aromatic heterocycles. The van der Waals surface area contributed by atoms with E-state index in [1.807, 2.05) is 30.3 Å². The fourth-order valence-corrected chi connectivity index (χ4v) is 5.04. The Bertz CT molecular complexity index is 1440. The molecule has 3 aromatic rings. The smallest absolute Gasteiger partial charge is 0.217 e. The zero-order valence-corrected chi connectivity index (χ0v) is 23.1. The van der Waals surface area contributed by atoms with E-state index in [4.69, 9.17) is 23.7 Å². The quantitative estimate of drug-likeness (QED) is 0.414. The maximum atomic E-state index is 13.5. The fourth-order valence-electron chi connectivity index (χ4n) is 5.04. The molecular weight excluding hydrogens is 500 g/mol. The summed E-state index contributed by atoms with van der Waals surface area (Å²) in [6.45, 7) is 1.87. The molecule has 4 rings (SSSR count). The van der Waals surface area contributed by atoms with Crippen molar-refractivity contribution < 1.29 is 28.5 Å². The standard InChI is InChI=1S/C30H34N2O7/c1-17(33)32-22-10-8-19-14-27(37-4)29(38-5)30(39-6)28(19)20-9-11-23(24(34)15-21(20)22)31-16-18-7-12-25(35-2)26(13-18)36-3/h7,9,11-15,22H,8,10,16H2,1-6H3,(H,31,34)(H,32,33). The molecule has 1 unspecified atom stereocenters. The second-order valence-corrected chi connectivity index (χ2v) is 9.14. The number of methoxy groups -OCH3 is 5. The summed E-state index contributed by atoms with van der Waals surface area (Å²) < 4.78 is 27.8. The zero-order valence-electron chi connectivity index (χ0n) is 23.1.